The second-order valence-electron chi connectivity index (χ2n) is 8.52. The van der Waals surface area contributed by atoms with Gasteiger partial charge in [-0.15, -0.1) is 0 Å². The molecule has 202 valence electrons. The molecule has 4 aromatic carbocycles. The summed E-state index contributed by atoms with van der Waals surface area (Å²) in [4.78, 5) is 12.0. The third kappa shape index (κ3) is 7.35. The molecule has 0 saturated carbocycles. The number of hydrogen-bond donors (Lipinski definition) is 1. The largest absolute Gasteiger partial charge is 0.497 e. The number of carboxylic acids is 1. The van der Waals surface area contributed by atoms with E-state index in [1.54, 1.807) is 21.3 Å². The summed E-state index contributed by atoms with van der Waals surface area (Å²) in [5.74, 6) is 1.89. The molecule has 4 rings (SSSR count). The molecule has 0 spiro atoms. The van der Waals surface area contributed by atoms with Gasteiger partial charge in [0.05, 0.1) is 26.9 Å². The van der Waals surface area contributed by atoms with Crippen molar-refractivity contribution in [1.29, 1.82) is 0 Å². The minimum Gasteiger partial charge on any atom is -0.497 e. The molecular weight excluding hydrogens is 500 g/mol. The summed E-state index contributed by atoms with van der Waals surface area (Å²) in [6.45, 7) is 0.571. The molecule has 0 aliphatic rings. The van der Waals surface area contributed by atoms with Crippen LogP contribution in [0, 0.1) is 0 Å². The highest BCUT2D eigenvalue weighted by Gasteiger charge is 2.19. The molecule has 0 radical (unpaired) electrons. The Morgan fingerprint density at radius 1 is 0.564 bits per heavy atom. The molecule has 0 aliphatic carbocycles. The van der Waals surface area contributed by atoms with Gasteiger partial charge in [0.2, 0.25) is 5.75 Å². The molecule has 0 heterocycles. The first-order valence-corrected chi connectivity index (χ1v) is 12.2. The Balaban J connectivity index is 1.63. The topological polar surface area (TPSA) is 92.7 Å². The number of hydrogen-bond acceptors (Lipinski definition) is 7. The molecule has 0 atom stereocenters. The van der Waals surface area contributed by atoms with E-state index in [0.29, 0.717) is 5.75 Å². The van der Waals surface area contributed by atoms with Gasteiger partial charge in [0.25, 0.3) is 0 Å². The van der Waals surface area contributed by atoms with Gasteiger partial charge in [0.1, 0.15) is 37.1 Å². The maximum Gasteiger partial charge on any atom is 0.335 e. The first-order valence-electron chi connectivity index (χ1n) is 12.2. The van der Waals surface area contributed by atoms with Gasteiger partial charge in [-0.3, -0.25) is 0 Å². The summed E-state index contributed by atoms with van der Waals surface area (Å²) in [7, 11) is 4.81. The Bertz CT molecular complexity index is 1290. The smallest absolute Gasteiger partial charge is 0.335 e. The van der Waals surface area contributed by atoms with E-state index in [1.165, 1.54) is 12.1 Å². The van der Waals surface area contributed by atoms with Crippen LogP contribution < -0.4 is 28.4 Å². The minimum atomic E-state index is -1.11. The standard InChI is InChI=1S/C31H30O8/c1-34-25-10-4-21(5-11-25)18-37-28-16-24(31(32)33)17-29(38-19-22-6-12-26(35-2)13-7-22)30(28)39-20-23-8-14-27(36-3)15-9-23/h4-17H,18-20H2,1-3H3,(H,32,33). The van der Waals surface area contributed by atoms with E-state index in [1.807, 2.05) is 72.8 Å². The van der Waals surface area contributed by atoms with Crippen molar-refractivity contribution in [1.82, 2.24) is 0 Å². The van der Waals surface area contributed by atoms with Crippen LogP contribution in [0.5, 0.6) is 34.5 Å². The average Bonchev–Trinajstić information content (AvgIpc) is 2.98. The van der Waals surface area contributed by atoms with Crippen LogP contribution in [0.3, 0.4) is 0 Å². The predicted octanol–water partition coefficient (Wildman–Crippen LogP) is 6.15. The summed E-state index contributed by atoms with van der Waals surface area (Å²) in [5.41, 5.74) is 2.65. The molecule has 8 heteroatoms. The van der Waals surface area contributed by atoms with Crippen LogP contribution in [0.2, 0.25) is 0 Å². The van der Waals surface area contributed by atoms with Crippen molar-refractivity contribution >= 4 is 5.97 Å². The molecule has 39 heavy (non-hydrogen) atoms. The summed E-state index contributed by atoms with van der Waals surface area (Å²) in [6.07, 6.45) is 0. The van der Waals surface area contributed by atoms with Crippen LogP contribution in [-0.4, -0.2) is 32.4 Å². The normalized spacial score (nSPS) is 10.4. The maximum absolute atomic E-state index is 12.0. The second kappa shape index (κ2) is 13.1. The molecule has 0 unspecified atom stereocenters. The van der Waals surface area contributed by atoms with Gasteiger partial charge in [-0.1, -0.05) is 36.4 Å². The number of carboxylic acid groups (broad SMARTS) is 1. The number of rotatable bonds is 13. The molecule has 0 aliphatic heterocycles. The van der Waals surface area contributed by atoms with Crippen LogP contribution in [0.1, 0.15) is 27.0 Å². The van der Waals surface area contributed by atoms with Crippen LogP contribution in [0.25, 0.3) is 0 Å². The highest BCUT2D eigenvalue weighted by molar-refractivity contribution is 5.89. The van der Waals surface area contributed by atoms with Gasteiger partial charge < -0.3 is 33.5 Å². The zero-order chi connectivity index (χ0) is 27.6. The monoisotopic (exact) mass is 530 g/mol. The minimum absolute atomic E-state index is 0.0151. The van der Waals surface area contributed by atoms with Gasteiger partial charge >= 0.3 is 5.97 Å². The van der Waals surface area contributed by atoms with E-state index in [9.17, 15) is 9.90 Å². The van der Waals surface area contributed by atoms with Gasteiger partial charge in [-0.2, -0.15) is 0 Å². The van der Waals surface area contributed by atoms with Crippen molar-refractivity contribution in [3.63, 3.8) is 0 Å². The fourth-order valence-corrected chi connectivity index (χ4v) is 3.70. The molecule has 1 N–H and O–H groups in total. The van der Waals surface area contributed by atoms with E-state index >= 15 is 0 Å². The zero-order valence-electron chi connectivity index (χ0n) is 22.0. The second-order valence-corrected chi connectivity index (χ2v) is 8.52. The lowest BCUT2D eigenvalue weighted by atomic mass is 10.1. The third-order valence-electron chi connectivity index (χ3n) is 5.92. The molecule has 0 amide bonds. The number of benzene rings is 4. The summed E-state index contributed by atoms with van der Waals surface area (Å²) in [6, 6.07) is 25.2. The van der Waals surface area contributed by atoms with Crippen LogP contribution in [0.4, 0.5) is 0 Å². The van der Waals surface area contributed by atoms with Crippen molar-refractivity contribution in [2.75, 3.05) is 21.3 Å². The fourth-order valence-electron chi connectivity index (χ4n) is 3.70. The molecule has 0 saturated heterocycles. The lowest BCUT2D eigenvalue weighted by Crippen LogP contribution is -2.07. The lowest BCUT2D eigenvalue weighted by molar-refractivity contribution is 0.0695. The highest BCUT2D eigenvalue weighted by Crippen LogP contribution is 2.40. The van der Waals surface area contributed by atoms with E-state index in [-0.39, 0.29) is 36.9 Å². The van der Waals surface area contributed by atoms with Gasteiger partial charge in [0.15, 0.2) is 11.5 Å². The summed E-state index contributed by atoms with van der Waals surface area (Å²) >= 11 is 0. The van der Waals surface area contributed by atoms with Crippen LogP contribution in [-0.2, 0) is 19.8 Å². The average molecular weight is 531 g/mol. The van der Waals surface area contributed by atoms with Crippen LogP contribution >= 0.6 is 0 Å². The number of carbonyl (C=O) groups is 1. The van der Waals surface area contributed by atoms with Gasteiger partial charge in [-0.05, 0) is 65.2 Å². The molecule has 0 bridgehead atoms. The molecule has 4 aromatic rings. The molecule has 0 fully saturated rings. The Kier molecular flexibility index (Phi) is 9.13. The van der Waals surface area contributed by atoms with Crippen molar-refractivity contribution < 1.29 is 38.3 Å². The van der Waals surface area contributed by atoms with Gasteiger partial charge in [-0.25, -0.2) is 4.79 Å². The van der Waals surface area contributed by atoms with Crippen molar-refractivity contribution in [2.45, 2.75) is 19.8 Å². The van der Waals surface area contributed by atoms with E-state index in [2.05, 4.69) is 0 Å². The first-order chi connectivity index (χ1) is 19.0. The predicted molar refractivity (Wildman–Crippen MR) is 145 cm³/mol. The molecule has 0 aromatic heterocycles. The highest BCUT2D eigenvalue weighted by atomic mass is 16.5. The van der Waals surface area contributed by atoms with Crippen molar-refractivity contribution in [3.05, 3.63) is 107 Å². The summed E-state index contributed by atoms with van der Waals surface area (Å²) < 4.78 is 34.0. The van der Waals surface area contributed by atoms with Crippen molar-refractivity contribution in [2.24, 2.45) is 0 Å². The molecule has 8 nitrogen and oxygen atoms in total. The van der Waals surface area contributed by atoms with E-state index in [0.717, 1.165) is 33.9 Å². The number of aromatic carboxylic acids is 1. The van der Waals surface area contributed by atoms with Crippen molar-refractivity contribution in [3.8, 4) is 34.5 Å². The number of methoxy groups -OCH3 is 3. The summed E-state index contributed by atoms with van der Waals surface area (Å²) in [5, 5.41) is 9.78. The lowest BCUT2D eigenvalue weighted by Gasteiger charge is -2.18. The Morgan fingerprint density at radius 2 is 0.897 bits per heavy atom. The van der Waals surface area contributed by atoms with E-state index < -0.39 is 5.97 Å². The first kappa shape index (κ1) is 27.2. The maximum atomic E-state index is 12.0. The SMILES string of the molecule is COc1ccc(COc2cc(C(=O)O)cc(OCc3ccc(OC)cc3)c2OCc2ccc(OC)cc2)cc1. The van der Waals surface area contributed by atoms with E-state index in [4.69, 9.17) is 28.4 Å². The Morgan fingerprint density at radius 3 is 1.21 bits per heavy atom. The Labute approximate surface area is 227 Å². The molecular formula is C31H30O8. The third-order valence-corrected chi connectivity index (χ3v) is 5.92. The number of ether oxygens (including phenoxy) is 6. The quantitative estimate of drug-likeness (QED) is 0.220. The fraction of sp³-hybridized carbons (Fsp3) is 0.194. The van der Waals surface area contributed by atoms with Crippen LogP contribution in [0.15, 0.2) is 84.9 Å². The zero-order valence-corrected chi connectivity index (χ0v) is 22.0. The Hall–Kier alpha value is -4.85. The van der Waals surface area contributed by atoms with Gasteiger partial charge in [0, 0.05) is 0 Å².